The maximum atomic E-state index is 11.7. The molecule has 0 unspecified atom stereocenters. The number of esters is 1. The van der Waals surface area contributed by atoms with E-state index in [1.165, 1.54) is 6.08 Å². The predicted molar refractivity (Wildman–Crippen MR) is 118 cm³/mol. The van der Waals surface area contributed by atoms with Crippen molar-refractivity contribution in [3.05, 3.63) is 35.8 Å². The number of hydrogen-bond donors (Lipinski definition) is 3. The first kappa shape index (κ1) is 22.7. The van der Waals surface area contributed by atoms with Gasteiger partial charge in [0.25, 0.3) is 0 Å². The third kappa shape index (κ3) is 7.04. The number of allylic oxidation sites excluding steroid dienone is 1. The van der Waals surface area contributed by atoms with Gasteiger partial charge in [-0.05, 0) is 27.7 Å². The Kier molecular flexibility index (Phi) is 7.59. The second-order valence-electron chi connectivity index (χ2n) is 8.00. The van der Waals surface area contributed by atoms with Crippen LogP contribution in [0.4, 0.5) is 17.5 Å². The molecule has 2 aromatic heterocycles. The number of ether oxygens (including phenoxy) is 2. The van der Waals surface area contributed by atoms with E-state index in [-0.39, 0.29) is 13.2 Å². The summed E-state index contributed by atoms with van der Waals surface area (Å²) in [5.41, 5.74) is 0.192. The van der Waals surface area contributed by atoms with Crippen LogP contribution in [-0.4, -0.2) is 64.5 Å². The Bertz CT molecular complexity index is 904. The second kappa shape index (κ2) is 10.4. The van der Waals surface area contributed by atoms with Crippen LogP contribution in [0.2, 0.25) is 0 Å². The molecule has 0 bridgehead atoms. The van der Waals surface area contributed by atoms with Crippen LogP contribution in [0.1, 0.15) is 32.3 Å². The summed E-state index contributed by atoms with van der Waals surface area (Å²) >= 11 is 0. The van der Waals surface area contributed by atoms with Crippen LogP contribution in [-0.2, 0) is 20.9 Å². The molecule has 10 heteroatoms. The maximum Gasteiger partial charge on any atom is 0.331 e. The van der Waals surface area contributed by atoms with E-state index in [0.717, 1.165) is 37.7 Å². The Morgan fingerprint density at radius 3 is 2.71 bits per heavy atom. The number of nitrogens with one attached hydrogen (secondary N) is 3. The largest absolute Gasteiger partial charge is 0.454 e. The molecule has 1 saturated heterocycles. The quantitative estimate of drug-likeness (QED) is 0.407. The molecular formula is C21H31N7O3. The van der Waals surface area contributed by atoms with Gasteiger partial charge in [0.1, 0.15) is 23.8 Å². The number of anilines is 3. The van der Waals surface area contributed by atoms with Crippen LogP contribution in [0.25, 0.3) is 0 Å². The third-order valence-corrected chi connectivity index (χ3v) is 4.52. The molecule has 3 N–H and O–H groups in total. The van der Waals surface area contributed by atoms with Crippen LogP contribution < -0.4 is 15.5 Å². The molecule has 0 aliphatic carbocycles. The molecule has 1 aliphatic heterocycles. The molecule has 0 saturated carbocycles. The molecule has 3 rings (SSSR count). The molecule has 31 heavy (non-hydrogen) atoms. The van der Waals surface area contributed by atoms with E-state index in [0.29, 0.717) is 17.5 Å². The van der Waals surface area contributed by atoms with E-state index in [9.17, 15) is 4.79 Å². The number of piperazine rings is 1. The third-order valence-electron chi connectivity index (χ3n) is 4.52. The average molecular weight is 430 g/mol. The Labute approximate surface area is 182 Å². The van der Waals surface area contributed by atoms with Crippen LogP contribution >= 0.6 is 0 Å². The number of hydrogen-bond acceptors (Lipinski definition) is 9. The summed E-state index contributed by atoms with van der Waals surface area (Å²) in [5.74, 6) is 2.32. The van der Waals surface area contributed by atoms with Gasteiger partial charge in [0.05, 0.1) is 6.61 Å². The van der Waals surface area contributed by atoms with Crippen molar-refractivity contribution in [1.29, 1.82) is 0 Å². The molecule has 3 heterocycles. The van der Waals surface area contributed by atoms with Gasteiger partial charge in [0, 0.05) is 50.1 Å². The normalized spacial score (nSPS) is 14.8. The summed E-state index contributed by atoms with van der Waals surface area (Å²) in [6.45, 7) is 11.3. The van der Waals surface area contributed by atoms with Crippen LogP contribution in [0.15, 0.2) is 24.3 Å². The first-order valence-electron chi connectivity index (χ1n) is 10.4. The summed E-state index contributed by atoms with van der Waals surface area (Å²) in [5, 5.41) is 13.7. The van der Waals surface area contributed by atoms with Crippen LogP contribution in [0.5, 0.6) is 0 Å². The van der Waals surface area contributed by atoms with E-state index in [1.807, 2.05) is 19.1 Å². The van der Waals surface area contributed by atoms with Crippen molar-refractivity contribution in [2.24, 2.45) is 0 Å². The first-order chi connectivity index (χ1) is 14.8. The van der Waals surface area contributed by atoms with E-state index in [4.69, 9.17) is 9.47 Å². The van der Waals surface area contributed by atoms with E-state index in [1.54, 1.807) is 26.8 Å². The summed E-state index contributed by atoms with van der Waals surface area (Å²) < 4.78 is 11.2. The Hall–Kier alpha value is -2.98. The molecule has 168 valence electrons. The van der Waals surface area contributed by atoms with Gasteiger partial charge in [-0.15, -0.1) is 0 Å². The summed E-state index contributed by atoms with van der Waals surface area (Å²) in [4.78, 5) is 23.2. The molecule has 0 spiro atoms. The molecule has 0 atom stereocenters. The standard InChI is InChI=1S/C21H31N7O3/c1-5-6-20(29)31-21(3,4)14-30-13-18-24-16(23-17-11-15(2)26-27-17)12-19(25-18)28-9-7-22-8-10-28/h5-6,11-12,22H,7-10,13-14H2,1-4H3,(H2,23,24,25,26,27). The Morgan fingerprint density at radius 1 is 1.26 bits per heavy atom. The molecule has 1 fully saturated rings. The van der Waals surface area contributed by atoms with Gasteiger partial charge < -0.3 is 25.0 Å². The van der Waals surface area contributed by atoms with Crippen molar-refractivity contribution < 1.29 is 14.3 Å². The summed E-state index contributed by atoms with van der Waals surface area (Å²) in [6.07, 6.45) is 3.03. The Balaban J connectivity index is 1.70. The molecule has 1 aliphatic rings. The lowest BCUT2D eigenvalue weighted by atomic mass is 10.1. The SMILES string of the molecule is CC=CC(=O)OC(C)(C)COCc1nc(Nc2cc(C)[nH]n2)cc(N2CCNCC2)n1. The monoisotopic (exact) mass is 429 g/mol. The number of rotatable bonds is 9. The first-order valence-corrected chi connectivity index (χ1v) is 10.4. The molecule has 0 aromatic carbocycles. The number of H-pyrrole nitrogens is 1. The molecular weight excluding hydrogens is 398 g/mol. The van der Waals surface area contributed by atoms with E-state index < -0.39 is 11.6 Å². The van der Waals surface area contributed by atoms with Gasteiger partial charge in [-0.1, -0.05) is 6.08 Å². The van der Waals surface area contributed by atoms with Gasteiger partial charge in [-0.25, -0.2) is 14.8 Å². The van der Waals surface area contributed by atoms with Crippen molar-refractivity contribution in [2.45, 2.75) is 39.9 Å². The fraction of sp³-hybridized carbons (Fsp3) is 0.524. The van der Waals surface area contributed by atoms with Gasteiger partial charge in [0.2, 0.25) is 0 Å². The highest BCUT2D eigenvalue weighted by Crippen LogP contribution is 2.20. The summed E-state index contributed by atoms with van der Waals surface area (Å²) in [6, 6.07) is 3.83. The fourth-order valence-corrected chi connectivity index (χ4v) is 3.14. The number of carbonyl (C=O) groups excluding carboxylic acids is 1. The average Bonchev–Trinajstić information content (AvgIpc) is 3.12. The van der Waals surface area contributed by atoms with Crippen LogP contribution in [0, 0.1) is 6.92 Å². The van der Waals surface area contributed by atoms with Crippen molar-refractivity contribution in [3.63, 3.8) is 0 Å². The fourth-order valence-electron chi connectivity index (χ4n) is 3.14. The highest BCUT2D eigenvalue weighted by molar-refractivity contribution is 5.82. The van der Waals surface area contributed by atoms with E-state index >= 15 is 0 Å². The van der Waals surface area contributed by atoms with Crippen LogP contribution in [0.3, 0.4) is 0 Å². The van der Waals surface area contributed by atoms with Gasteiger partial charge in [0.15, 0.2) is 11.6 Å². The van der Waals surface area contributed by atoms with E-state index in [2.05, 4.69) is 35.7 Å². The lowest BCUT2D eigenvalue weighted by Crippen LogP contribution is -2.44. The van der Waals surface area contributed by atoms with Gasteiger partial charge in [-0.3, -0.25) is 5.10 Å². The molecule has 2 aromatic rings. The second-order valence-corrected chi connectivity index (χ2v) is 8.00. The smallest absolute Gasteiger partial charge is 0.331 e. The minimum atomic E-state index is -0.763. The molecule has 10 nitrogen and oxygen atoms in total. The van der Waals surface area contributed by atoms with Crippen molar-refractivity contribution in [1.82, 2.24) is 25.5 Å². The highest BCUT2D eigenvalue weighted by atomic mass is 16.6. The predicted octanol–water partition coefficient (Wildman–Crippen LogP) is 2.08. The lowest BCUT2D eigenvalue weighted by Gasteiger charge is -2.29. The van der Waals surface area contributed by atoms with Crippen molar-refractivity contribution >= 4 is 23.4 Å². The molecule has 0 amide bonds. The zero-order chi connectivity index (χ0) is 22.3. The minimum absolute atomic E-state index is 0.193. The number of nitrogens with zero attached hydrogens (tertiary/aromatic N) is 4. The zero-order valence-corrected chi connectivity index (χ0v) is 18.6. The van der Waals surface area contributed by atoms with Crippen molar-refractivity contribution in [3.8, 4) is 0 Å². The maximum absolute atomic E-state index is 11.7. The van der Waals surface area contributed by atoms with Gasteiger partial charge >= 0.3 is 5.97 Å². The summed E-state index contributed by atoms with van der Waals surface area (Å²) in [7, 11) is 0. The topological polar surface area (TPSA) is 117 Å². The number of aryl methyl sites for hydroxylation is 1. The number of carbonyl (C=O) groups is 1. The Morgan fingerprint density at radius 2 is 2.03 bits per heavy atom. The highest BCUT2D eigenvalue weighted by Gasteiger charge is 2.23. The van der Waals surface area contributed by atoms with Crippen molar-refractivity contribution in [2.75, 3.05) is 43.0 Å². The lowest BCUT2D eigenvalue weighted by molar-refractivity contribution is -0.156. The number of aromatic amines is 1. The minimum Gasteiger partial charge on any atom is -0.454 e. The zero-order valence-electron chi connectivity index (χ0n) is 18.6. The van der Waals surface area contributed by atoms with Gasteiger partial charge in [-0.2, -0.15) is 5.10 Å². The molecule has 0 radical (unpaired) electrons. The number of aromatic nitrogens is 4.